The Morgan fingerprint density at radius 2 is 2.08 bits per heavy atom. The second-order valence-electron chi connectivity index (χ2n) is 4.88. The molecular formula is C17H16N4O2S. The average Bonchev–Trinajstić information content (AvgIpc) is 3.14. The molecule has 4 heterocycles. The monoisotopic (exact) mass is 340 g/mol. The van der Waals surface area contributed by atoms with Crippen molar-refractivity contribution in [2.24, 2.45) is 0 Å². The van der Waals surface area contributed by atoms with Gasteiger partial charge in [-0.3, -0.25) is 4.98 Å². The lowest BCUT2D eigenvalue weighted by atomic mass is 10.1. The molecule has 24 heavy (non-hydrogen) atoms. The molecule has 0 aliphatic carbocycles. The van der Waals surface area contributed by atoms with Crippen molar-refractivity contribution >= 4 is 16.9 Å². The number of hydrogen-bond donors (Lipinski definition) is 1. The Hall–Kier alpha value is -2.64. The van der Waals surface area contributed by atoms with Crippen molar-refractivity contribution in [2.75, 3.05) is 13.7 Å². The van der Waals surface area contributed by atoms with Gasteiger partial charge in [0.1, 0.15) is 16.4 Å². The van der Waals surface area contributed by atoms with Gasteiger partial charge >= 0.3 is 0 Å². The lowest BCUT2D eigenvalue weighted by Gasteiger charge is -2.17. The summed E-state index contributed by atoms with van der Waals surface area (Å²) in [5.41, 5.74) is 3.50. The number of fused-ring (bicyclic) bond motifs is 1. The second-order valence-corrected chi connectivity index (χ2v) is 5.91. The highest BCUT2D eigenvalue weighted by atomic mass is 32.1. The lowest BCUT2D eigenvalue weighted by molar-refractivity contribution is 0.301. The van der Waals surface area contributed by atoms with Crippen LogP contribution < -0.4 is 4.74 Å². The average molecular weight is 340 g/mol. The van der Waals surface area contributed by atoms with Gasteiger partial charge in [-0.2, -0.15) is 0 Å². The van der Waals surface area contributed by atoms with Gasteiger partial charge in [0, 0.05) is 37.7 Å². The van der Waals surface area contributed by atoms with E-state index in [0.29, 0.717) is 12.5 Å². The van der Waals surface area contributed by atoms with Crippen LogP contribution in [0.1, 0.15) is 12.1 Å². The lowest BCUT2D eigenvalue weighted by Crippen LogP contribution is -2.10. The van der Waals surface area contributed by atoms with Crippen molar-refractivity contribution in [3.8, 4) is 27.0 Å². The molecule has 0 saturated carbocycles. The Labute approximate surface area is 143 Å². The highest BCUT2D eigenvalue weighted by Crippen LogP contribution is 2.34. The van der Waals surface area contributed by atoms with Crippen molar-refractivity contribution in [3.05, 3.63) is 49.2 Å². The molecule has 0 atom stereocenters. The molecule has 1 aliphatic heterocycles. The fourth-order valence-electron chi connectivity index (χ4n) is 2.24. The molecule has 0 aromatic carbocycles. The summed E-state index contributed by atoms with van der Waals surface area (Å²) in [7, 11) is 1.00. The van der Waals surface area contributed by atoms with Crippen LogP contribution in [-0.2, 0) is 0 Å². The molecule has 6 nitrogen and oxygen atoms in total. The van der Waals surface area contributed by atoms with Crippen LogP contribution in [0, 0.1) is 0 Å². The maximum absolute atomic E-state index is 7.00. The minimum atomic E-state index is 0.567. The van der Waals surface area contributed by atoms with Crippen LogP contribution in [0.3, 0.4) is 0 Å². The van der Waals surface area contributed by atoms with E-state index in [4.69, 9.17) is 9.84 Å². The molecule has 4 rings (SSSR count). The van der Waals surface area contributed by atoms with Gasteiger partial charge in [0.15, 0.2) is 0 Å². The van der Waals surface area contributed by atoms with Crippen LogP contribution in [0.15, 0.2) is 43.5 Å². The molecule has 0 spiro atoms. The molecule has 3 aromatic heterocycles. The third-order valence-electron chi connectivity index (χ3n) is 3.38. The smallest absolute Gasteiger partial charge is 0.240 e. The quantitative estimate of drug-likeness (QED) is 0.772. The standard InChI is InChI=1S/C16H12N4OS.CH4O/c1-10-4-6-21-15-14(10)20-12(8-18-15)13-9-19-16(22-13)11-3-2-5-17-7-11;1-2/h2-3,5,7-9H,1,4,6H2;2H,1H3. The summed E-state index contributed by atoms with van der Waals surface area (Å²) in [4.78, 5) is 18.5. The van der Waals surface area contributed by atoms with Crippen LogP contribution in [-0.4, -0.2) is 38.8 Å². The van der Waals surface area contributed by atoms with Gasteiger partial charge in [-0.1, -0.05) is 6.58 Å². The molecule has 0 radical (unpaired) electrons. The Kier molecular flexibility index (Phi) is 4.93. The van der Waals surface area contributed by atoms with E-state index in [0.717, 1.165) is 45.9 Å². The molecule has 0 bridgehead atoms. The van der Waals surface area contributed by atoms with Crippen LogP contribution in [0.4, 0.5) is 0 Å². The minimum Gasteiger partial charge on any atom is -0.476 e. The molecule has 3 aromatic rings. The van der Waals surface area contributed by atoms with Crippen LogP contribution in [0.5, 0.6) is 5.88 Å². The van der Waals surface area contributed by atoms with E-state index in [1.165, 1.54) is 0 Å². The van der Waals surface area contributed by atoms with E-state index in [9.17, 15) is 0 Å². The predicted octanol–water partition coefficient (Wildman–Crippen LogP) is 3.07. The first-order chi connectivity index (χ1) is 11.8. The van der Waals surface area contributed by atoms with Gasteiger partial charge in [-0.15, -0.1) is 11.3 Å². The summed E-state index contributed by atoms with van der Waals surface area (Å²) < 4.78 is 5.50. The second kappa shape index (κ2) is 7.29. The van der Waals surface area contributed by atoms with Crippen molar-refractivity contribution in [2.45, 2.75) is 6.42 Å². The Bertz CT molecular complexity index is 849. The van der Waals surface area contributed by atoms with E-state index in [2.05, 4.69) is 26.5 Å². The normalized spacial score (nSPS) is 12.7. The number of rotatable bonds is 2. The molecule has 0 amide bonds. The van der Waals surface area contributed by atoms with Gasteiger partial charge in [0.05, 0.1) is 17.7 Å². The molecule has 1 N–H and O–H groups in total. The van der Waals surface area contributed by atoms with E-state index in [1.807, 2.05) is 18.3 Å². The third-order valence-corrected chi connectivity index (χ3v) is 4.45. The van der Waals surface area contributed by atoms with Gasteiger partial charge < -0.3 is 9.84 Å². The van der Waals surface area contributed by atoms with Crippen molar-refractivity contribution < 1.29 is 9.84 Å². The number of ether oxygens (including phenoxy) is 1. The molecule has 0 fully saturated rings. The van der Waals surface area contributed by atoms with Gasteiger partial charge in [-0.05, 0) is 17.7 Å². The Morgan fingerprint density at radius 3 is 2.88 bits per heavy atom. The topological polar surface area (TPSA) is 81.0 Å². The van der Waals surface area contributed by atoms with E-state index in [1.54, 1.807) is 29.9 Å². The first-order valence-electron chi connectivity index (χ1n) is 7.30. The van der Waals surface area contributed by atoms with Crippen LogP contribution in [0.2, 0.25) is 0 Å². The van der Waals surface area contributed by atoms with Crippen molar-refractivity contribution in [1.82, 2.24) is 19.9 Å². The summed E-state index contributed by atoms with van der Waals surface area (Å²) in [5, 5.41) is 7.91. The number of aromatic nitrogens is 4. The summed E-state index contributed by atoms with van der Waals surface area (Å²) in [5.74, 6) is 0.567. The fourth-order valence-corrected chi connectivity index (χ4v) is 3.10. The first-order valence-corrected chi connectivity index (χ1v) is 8.12. The van der Waals surface area contributed by atoms with Crippen molar-refractivity contribution in [1.29, 1.82) is 0 Å². The molecule has 0 saturated heterocycles. The largest absolute Gasteiger partial charge is 0.476 e. The van der Waals surface area contributed by atoms with Crippen LogP contribution >= 0.6 is 11.3 Å². The molecular weight excluding hydrogens is 324 g/mol. The SMILES string of the molecule is C=C1CCOc2ncc(-c3cnc(-c4cccnc4)s3)nc21.CO. The first kappa shape index (κ1) is 16.2. The maximum atomic E-state index is 7.00. The maximum Gasteiger partial charge on any atom is 0.240 e. The number of thiazole rings is 1. The van der Waals surface area contributed by atoms with Crippen LogP contribution in [0.25, 0.3) is 26.7 Å². The van der Waals surface area contributed by atoms with Gasteiger partial charge in [0.2, 0.25) is 5.88 Å². The van der Waals surface area contributed by atoms with E-state index in [-0.39, 0.29) is 0 Å². The fraction of sp³-hybridized carbons (Fsp3) is 0.176. The molecule has 0 unspecified atom stereocenters. The summed E-state index contributed by atoms with van der Waals surface area (Å²) in [6, 6.07) is 3.89. The van der Waals surface area contributed by atoms with Gasteiger partial charge in [-0.25, -0.2) is 15.0 Å². The number of pyridine rings is 1. The number of aliphatic hydroxyl groups excluding tert-OH is 1. The van der Waals surface area contributed by atoms with Gasteiger partial charge in [0.25, 0.3) is 0 Å². The Balaban J connectivity index is 0.000000815. The predicted molar refractivity (Wildman–Crippen MR) is 93.7 cm³/mol. The summed E-state index contributed by atoms with van der Waals surface area (Å²) >= 11 is 1.57. The zero-order chi connectivity index (χ0) is 16.9. The highest BCUT2D eigenvalue weighted by Gasteiger charge is 2.18. The van der Waals surface area contributed by atoms with Crippen molar-refractivity contribution in [3.63, 3.8) is 0 Å². The minimum absolute atomic E-state index is 0.567. The van der Waals surface area contributed by atoms with E-state index >= 15 is 0 Å². The Morgan fingerprint density at radius 1 is 1.21 bits per heavy atom. The summed E-state index contributed by atoms with van der Waals surface area (Å²) in [6.07, 6.45) is 7.87. The number of aliphatic hydroxyl groups is 1. The summed E-state index contributed by atoms with van der Waals surface area (Å²) in [6.45, 7) is 4.66. The molecule has 1 aliphatic rings. The number of hydrogen-bond acceptors (Lipinski definition) is 7. The zero-order valence-corrected chi connectivity index (χ0v) is 14.0. The van der Waals surface area contributed by atoms with E-state index < -0.39 is 0 Å². The highest BCUT2D eigenvalue weighted by molar-refractivity contribution is 7.18. The molecule has 122 valence electrons. The third kappa shape index (κ3) is 3.17. The number of nitrogens with zero attached hydrogens (tertiary/aromatic N) is 4. The zero-order valence-electron chi connectivity index (χ0n) is 13.1. The molecule has 7 heteroatoms.